The second-order valence-corrected chi connectivity index (χ2v) is 6.31. The van der Waals surface area contributed by atoms with Gasteiger partial charge in [-0.05, 0) is 50.2 Å². The summed E-state index contributed by atoms with van der Waals surface area (Å²) in [5, 5.41) is 0. The molecule has 2 N–H and O–H groups in total. The monoisotopic (exact) mass is 261 g/mol. The highest BCUT2D eigenvalue weighted by atomic mass is 15.2. The van der Waals surface area contributed by atoms with E-state index in [2.05, 4.69) is 31.7 Å². The molecule has 0 amide bonds. The van der Waals surface area contributed by atoms with Gasteiger partial charge in [-0.3, -0.25) is 0 Å². The number of aromatic nitrogens is 1. The van der Waals surface area contributed by atoms with Crippen LogP contribution in [0.3, 0.4) is 0 Å². The lowest BCUT2D eigenvalue weighted by atomic mass is 10.0. The lowest BCUT2D eigenvalue weighted by Gasteiger charge is -2.30. The number of hydrogen-bond acceptors (Lipinski definition) is 3. The first-order valence-corrected chi connectivity index (χ1v) is 7.46. The molecule has 3 nitrogen and oxygen atoms in total. The van der Waals surface area contributed by atoms with Gasteiger partial charge in [-0.2, -0.15) is 0 Å². The summed E-state index contributed by atoms with van der Waals surface area (Å²) >= 11 is 0. The van der Waals surface area contributed by atoms with E-state index in [1.54, 1.807) is 0 Å². The Hall–Kier alpha value is -1.09. The molecule has 0 saturated carbocycles. The Labute approximate surface area is 117 Å². The quantitative estimate of drug-likeness (QED) is 0.906. The molecular weight excluding hydrogens is 234 g/mol. The molecule has 0 spiro atoms. The molecule has 3 heteroatoms. The summed E-state index contributed by atoms with van der Waals surface area (Å²) in [5.74, 6) is 1.86. The molecule has 1 aliphatic heterocycles. The van der Waals surface area contributed by atoms with Crippen molar-refractivity contribution in [3.8, 4) is 0 Å². The van der Waals surface area contributed by atoms with Crippen LogP contribution in [0.15, 0.2) is 12.3 Å². The molecule has 1 fully saturated rings. The summed E-state index contributed by atoms with van der Waals surface area (Å²) in [6, 6.07) is 3.09. The number of hydrogen-bond donors (Lipinski definition) is 1. The zero-order chi connectivity index (χ0) is 14.0. The van der Waals surface area contributed by atoms with Crippen molar-refractivity contribution in [3.63, 3.8) is 0 Å². The summed E-state index contributed by atoms with van der Waals surface area (Å²) in [7, 11) is 0. The summed E-state index contributed by atoms with van der Waals surface area (Å²) in [6.45, 7) is 9.97. The van der Waals surface area contributed by atoms with Crippen LogP contribution >= 0.6 is 0 Å². The van der Waals surface area contributed by atoms with Crippen LogP contribution in [0.2, 0.25) is 0 Å². The SMILES string of the molecule is Cc1cc(CC(C)N)cnc1N1CCCC1C(C)C. The molecule has 1 aromatic heterocycles. The normalized spacial score (nSPS) is 21.2. The van der Waals surface area contributed by atoms with E-state index in [9.17, 15) is 0 Å². The van der Waals surface area contributed by atoms with E-state index in [0.29, 0.717) is 12.0 Å². The number of nitrogens with zero attached hydrogens (tertiary/aromatic N) is 2. The van der Waals surface area contributed by atoms with Crippen LogP contribution in [0.1, 0.15) is 44.7 Å². The highest BCUT2D eigenvalue weighted by molar-refractivity contribution is 5.49. The molecule has 0 radical (unpaired) electrons. The van der Waals surface area contributed by atoms with E-state index < -0.39 is 0 Å². The first kappa shape index (κ1) is 14.3. The van der Waals surface area contributed by atoms with Crippen molar-refractivity contribution in [1.29, 1.82) is 0 Å². The van der Waals surface area contributed by atoms with Gasteiger partial charge in [-0.15, -0.1) is 0 Å². The van der Waals surface area contributed by atoms with Crippen molar-refractivity contribution >= 4 is 5.82 Å². The van der Waals surface area contributed by atoms with Crippen LogP contribution in [0.5, 0.6) is 0 Å². The summed E-state index contributed by atoms with van der Waals surface area (Å²) in [6.07, 6.45) is 5.48. The van der Waals surface area contributed by atoms with Gasteiger partial charge in [-0.1, -0.05) is 19.9 Å². The van der Waals surface area contributed by atoms with E-state index in [4.69, 9.17) is 10.7 Å². The maximum absolute atomic E-state index is 5.86. The first-order chi connectivity index (χ1) is 8.99. The Morgan fingerprint density at radius 1 is 1.42 bits per heavy atom. The molecule has 2 rings (SSSR count). The molecule has 0 aromatic carbocycles. The zero-order valence-electron chi connectivity index (χ0n) is 12.7. The largest absolute Gasteiger partial charge is 0.353 e. The Bertz CT molecular complexity index is 426. The van der Waals surface area contributed by atoms with E-state index in [0.717, 1.165) is 13.0 Å². The lowest BCUT2D eigenvalue weighted by Crippen LogP contribution is -2.34. The third-order valence-corrected chi connectivity index (χ3v) is 4.01. The fraction of sp³-hybridized carbons (Fsp3) is 0.688. The minimum Gasteiger partial charge on any atom is -0.353 e. The van der Waals surface area contributed by atoms with Gasteiger partial charge in [0.1, 0.15) is 5.82 Å². The minimum absolute atomic E-state index is 0.197. The molecule has 0 bridgehead atoms. The highest BCUT2D eigenvalue weighted by Crippen LogP contribution is 2.30. The van der Waals surface area contributed by atoms with Crippen molar-refractivity contribution in [3.05, 3.63) is 23.4 Å². The smallest absolute Gasteiger partial charge is 0.131 e. The van der Waals surface area contributed by atoms with E-state index in [-0.39, 0.29) is 6.04 Å². The van der Waals surface area contributed by atoms with E-state index >= 15 is 0 Å². The molecular formula is C16H27N3. The number of nitrogens with two attached hydrogens (primary N) is 1. The third kappa shape index (κ3) is 3.27. The van der Waals surface area contributed by atoms with Crippen LogP contribution < -0.4 is 10.6 Å². The van der Waals surface area contributed by atoms with Gasteiger partial charge in [0.05, 0.1) is 0 Å². The Morgan fingerprint density at radius 2 is 2.16 bits per heavy atom. The highest BCUT2D eigenvalue weighted by Gasteiger charge is 2.28. The minimum atomic E-state index is 0.197. The van der Waals surface area contributed by atoms with Crippen LogP contribution in [-0.4, -0.2) is 23.6 Å². The summed E-state index contributed by atoms with van der Waals surface area (Å²) in [5.41, 5.74) is 8.39. The van der Waals surface area contributed by atoms with Crippen molar-refractivity contribution in [2.24, 2.45) is 11.7 Å². The van der Waals surface area contributed by atoms with Gasteiger partial charge in [0.15, 0.2) is 0 Å². The molecule has 19 heavy (non-hydrogen) atoms. The Morgan fingerprint density at radius 3 is 2.74 bits per heavy atom. The van der Waals surface area contributed by atoms with Crippen molar-refractivity contribution in [1.82, 2.24) is 4.98 Å². The van der Waals surface area contributed by atoms with Crippen molar-refractivity contribution < 1.29 is 0 Å². The number of anilines is 1. The van der Waals surface area contributed by atoms with Gasteiger partial charge >= 0.3 is 0 Å². The Kier molecular flexibility index (Phi) is 4.46. The molecule has 2 atom stereocenters. The molecule has 2 unspecified atom stereocenters. The van der Waals surface area contributed by atoms with E-state index in [1.807, 2.05) is 13.1 Å². The second-order valence-electron chi connectivity index (χ2n) is 6.31. The first-order valence-electron chi connectivity index (χ1n) is 7.46. The standard InChI is InChI=1S/C16H27N3/c1-11(2)15-6-5-7-19(15)16-12(3)8-14(10-18-16)9-13(4)17/h8,10-11,13,15H,5-7,9,17H2,1-4H3. The second kappa shape index (κ2) is 5.91. The number of aryl methyl sites for hydroxylation is 1. The Balaban J connectivity index is 2.21. The van der Waals surface area contributed by atoms with Gasteiger partial charge < -0.3 is 10.6 Å². The fourth-order valence-corrected chi connectivity index (χ4v) is 3.16. The average molecular weight is 261 g/mol. The third-order valence-electron chi connectivity index (χ3n) is 4.01. The van der Waals surface area contributed by atoms with Crippen LogP contribution in [0.4, 0.5) is 5.82 Å². The maximum Gasteiger partial charge on any atom is 0.131 e. The summed E-state index contributed by atoms with van der Waals surface area (Å²) in [4.78, 5) is 7.21. The average Bonchev–Trinajstić information content (AvgIpc) is 2.77. The molecule has 106 valence electrons. The molecule has 1 aromatic rings. The topological polar surface area (TPSA) is 42.1 Å². The predicted octanol–water partition coefficient (Wildman–Crippen LogP) is 2.90. The predicted molar refractivity (Wildman–Crippen MR) is 81.5 cm³/mol. The molecule has 0 aliphatic carbocycles. The van der Waals surface area contributed by atoms with Crippen LogP contribution in [-0.2, 0) is 6.42 Å². The van der Waals surface area contributed by atoms with Crippen LogP contribution in [0.25, 0.3) is 0 Å². The molecule has 1 saturated heterocycles. The lowest BCUT2D eigenvalue weighted by molar-refractivity contribution is 0.489. The van der Waals surface area contributed by atoms with Gasteiger partial charge in [0.25, 0.3) is 0 Å². The molecule has 2 heterocycles. The zero-order valence-corrected chi connectivity index (χ0v) is 12.7. The van der Waals surface area contributed by atoms with Gasteiger partial charge in [-0.25, -0.2) is 4.98 Å². The van der Waals surface area contributed by atoms with Crippen molar-refractivity contribution in [2.75, 3.05) is 11.4 Å². The number of rotatable bonds is 4. The van der Waals surface area contributed by atoms with Crippen molar-refractivity contribution in [2.45, 2.75) is 59.0 Å². The van der Waals surface area contributed by atoms with Gasteiger partial charge in [0.2, 0.25) is 0 Å². The molecule has 1 aliphatic rings. The summed E-state index contributed by atoms with van der Waals surface area (Å²) < 4.78 is 0. The number of pyridine rings is 1. The van der Waals surface area contributed by atoms with Crippen LogP contribution in [0, 0.1) is 12.8 Å². The fourth-order valence-electron chi connectivity index (χ4n) is 3.16. The van der Waals surface area contributed by atoms with E-state index in [1.165, 1.54) is 29.8 Å². The van der Waals surface area contributed by atoms with Gasteiger partial charge in [0, 0.05) is 24.8 Å². The maximum atomic E-state index is 5.86.